The van der Waals surface area contributed by atoms with Gasteiger partial charge in [-0.15, -0.1) is 6.58 Å². The van der Waals surface area contributed by atoms with Gasteiger partial charge in [0.05, 0.1) is 0 Å². The zero-order valence-corrected chi connectivity index (χ0v) is 11.0. The van der Waals surface area contributed by atoms with Crippen molar-refractivity contribution in [2.24, 2.45) is 0 Å². The standard InChI is InChI=1S/C13H22N2O2/c1-5-8-9-15-10(4)11(16)14-13(6-2,7-3)12(15)17/h5,10H,1,6-9H2,2-4H3,(H,14,16). The molecule has 0 aromatic carbocycles. The fourth-order valence-corrected chi connectivity index (χ4v) is 2.24. The Kier molecular flexibility index (Phi) is 4.32. The van der Waals surface area contributed by atoms with Gasteiger partial charge in [0.1, 0.15) is 11.6 Å². The van der Waals surface area contributed by atoms with Crippen molar-refractivity contribution in [2.45, 2.75) is 51.6 Å². The van der Waals surface area contributed by atoms with E-state index >= 15 is 0 Å². The summed E-state index contributed by atoms with van der Waals surface area (Å²) in [6, 6.07) is -0.381. The molecule has 1 N–H and O–H groups in total. The molecule has 1 unspecified atom stereocenters. The van der Waals surface area contributed by atoms with Gasteiger partial charge < -0.3 is 10.2 Å². The highest BCUT2D eigenvalue weighted by atomic mass is 16.2. The van der Waals surface area contributed by atoms with Crippen molar-refractivity contribution in [2.75, 3.05) is 6.54 Å². The number of rotatable bonds is 5. The summed E-state index contributed by atoms with van der Waals surface area (Å²) >= 11 is 0. The van der Waals surface area contributed by atoms with Crippen LogP contribution in [0.5, 0.6) is 0 Å². The molecule has 1 saturated heterocycles. The predicted molar refractivity (Wildman–Crippen MR) is 67.4 cm³/mol. The van der Waals surface area contributed by atoms with E-state index in [-0.39, 0.29) is 17.9 Å². The summed E-state index contributed by atoms with van der Waals surface area (Å²) in [5, 5.41) is 2.88. The minimum Gasteiger partial charge on any atom is -0.340 e. The fraction of sp³-hybridized carbons (Fsp3) is 0.692. The maximum atomic E-state index is 12.4. The first-order chi connectivity index (χ1) is 8.02. The number of carbonyl (C=O) groups excluding carboxylic acids is 2. The number of nitrogens with zero attached hydrogens (tertiary/aromatic N) is 1. The van der Waals surface area contributed by atoms with Crippen molar-refractivity contribution in [3.63, 3.8) is 0 Å². The summed E-state index contributed by atoms with van der Waals surface area (Å²) in [6.07, 6.45) is 3.75. The van der Waals surface area contributed by atoms with Gasteiger partial charge in [0, 0.05) is 6.54 Å². The van der Waals surface area contributed by atoms with Crippen molar-refractivity contribution in [3.8, 4) is 0 Å². The van der Waals surface area contributed by atoms with E-state index in [1.807, 2.05) is 13.8 Å². The smallest absolute Gasteiger partial charge is 0.248 e. The van der Waals surface area contributed by atoms with E-state index in [0.29, 0.717) is 25.8 Å². The monoisotopic (exact) mass is 238 g/mol. The van der Waals surface area contributed by atoms with E-state index in [4.69, 9.17) is 0 Å². The minimum absolute atomic E-state index is 0.0384. The van der Waals surface area contributed by atoms with Gasteiger partial charge in [-0.3, -0.25) is 9.59 Å². The number of piperazine rings is 1. The number of carbonyl (C=O) groups is 2. The zero-order chi connectivity index (χ0) is 13.1. The number of hydrogen-bond acceptors (Lipinski definition) is 2. The minimum atomic E-state index is -0.704. The molecule has 0 bridgehead atoms. The lowest BCUT2D eigenvalue weighted by molar-refractivity contribution is -0.154. The molecule has 0 spiro atoms. The van der Waals surface area contributed by atoms with E-state index in [9.17, 15) is 9.59 Å². The Balaban J connectivity index is 2.97. The number of amides is 2. The second-order valence-corrected chi connectivity index (χ2v) is 4.53. The SMILES string of the molecule is C=CCCN1C(=O)C(CC)(CC)NC(=O)C1C. The molecule has 2 amide bonds. The van der Waals surface area contributed by atoms with E-state index in [1.54, 1.807) is 17.9 Å². The average Bonchev–Trinajstić information content (AvgIpc) is 2.34. The second-order valence-electron chi connectivity index (χ2n) is 4.53. The van der Waals surface area contributed by atoms with E-state index in [0.717, 1.165) is 0 Å². The molecule has 1 aliphatic rings. The van der Waals surface area contributed by atoms with Crippen molar-refractivity contribution in [1.29, 1.82) is 0 Å². The van der Waals surface area contributed by atoms with Gasteiger partial charge >= 0.3 is 0 Å². The Bertz CT molecular complexity index is 321. The van der Waals surface area contributed by atoms with Crippen LogP contribution in [-0.2, 0) is 9.59 Å². The Hall–Kier alpha value is -1.32. The third-order valence-electron chi connectivity index (χ3n) is 3.66. The quantitative estimate of drug-likeness (QED) is 0.737. The molecule has 0 radical (unpaired) electrons. The Labute approximate surface area is 103 Å². The van der Waals surface area contributed by atoms with Crippen molar-refractivity contribution >= 4 is 11.8 Å². The van der Waals surface area contributed by atoms with E-state index in [2.05, 4.69) is 11.9 Å². The molecular formula is C13H22N2O2. The van der Waals surface area contributed by atoms with Gasteiger partial charge in [0.25, 0.3) is 0 Å². The van der Waals surface area contributed by atoms with Crippen LogP contribution < -0.4 is 5.32 Å². The molecule has 1 aliphatic heterocycles. The third kappa shape index (κ3) is 2.35. The highest BCUT2D eigenvalue weighted by Crippen LogP contribution is 2.25. The molecule has 0 aliphatic carbocycles. The molecule has 0 aromatic heterocycles. The van der Waals surface area contributed by atoms with Crippen LogP contribution in [0, 0.1) is 0 Å². The molecular weight excluding hydrogens is 216 g/mol. The lowest BCUT2D eigenvalue weighted by atomic mass is 9.87. The van der Waals surface area contributed by atoms with Crippen molar-refractivity contribution in [3.05, 3.63) is 12.7 Å². The summed E-state index contributed by atoms with van der Waals surface area (Å²) in [6.45, 7) is 9.86. The number of nitrogens with one attached hydrogen (secondary N) is 1. The number of hydrogen-bond donors (Lipinski definition) is 1. The van der Waals surface area contributed by atoms with Crippen LogP contribution in [0.25, 0.3) is 0 Å². The molecule has 1 heterocycles. The Morgan fingerprint density at radius 3 is 2.47 bits per heavy atom. The van der Waals surface area contributed by atoms with Crippen LogP contribution in [0.4, 0.5) is 0 Å². The summed E-state index contributed by atoms with van der Waals surface area (Å²) in [7, 11) is 0. The predicted octanol–water partition coefficient (Wildman–Crippen LogP) is 1.47. The maximum absolute atomic E-state index is 12.4. The molecule has 1 rings (SSSR count). The van der Waals surface area contributed by atoms with Gasteiger partial charge in [0.2, 0.25) is 11.8 Å². The molecule has 0 aromatic rings. The largest absolute Gasteiger partial charge is 0.340 e. The zero-order valence-electron chi connectivity index (χ0n) is 11.0. The molecule has 17 heavy (non-hydrogen) atoms. The molecule has 4 heteroatoms. The highest BCUT2D eigenvalue weighted by Gasteiger charge is 2.46. The summed E-state index contributed by atoms with van der Waals surface area (Å²) in [5.74, 6) is -0.0196. The molecule has 96 valence electrons. The van der Waals surface area contributed by atoms with Crippen LogP contribution in [0.15, 0.2) is 12.7 Å². The normalized spacial score (nSPS) is 23.5. The summed E-state index contributed by atoms with van der Waals surface area (Å²) in [4.78, 5) is 26.0. The first-order valence-corrected chi connectivity index (χ1v) is 6.26. The van der Waals surface area contributed by atoms with E-state index < -0.39 is 5.54 Å². The third-order valence-corrected chi connectivity index (χ3v) is 3.66. The van der Waals surface area contributed by atoms with Gasteiger partial charge in [-0.2, -0.15) is 0 Å². The van der Waals surface area contributed by atoms with Crippen molar-refractivity contribution in [1.82, 2.24) is 10.2 Å². The Morgan fingerprint density at radius 1 is 1.41 bits per heavy atom. The van der Waals surface area contributed by atoms with Crippen LogP contribution in [0.2, 0.25) is 0 Å². The lowest BCUT2D eigenvalue weighted by Crippen LogP contribution is -2.69. The fourth-order valence-electron chi connectivity index (χ4n) is 2.24. The molecule has 4 nitrogen and oxygen atoms in total. The first kappa shape index (κ1) is 13.7. The van der Waals surface area contributed by atoms with Gasteiger partial charge in [0.15, 0.2) is 0 Å². The topological polar surface area (TPSA) is 49.4 Å². The van der Waals surface area contributed by atoms with Crippen LogP contribution in [-0.4, -0.2) is 34.8 Å². The van der Waals surface area contributed by atoms with Crippen LogP contribution in [0.1, 0.15) is 40.0 Å². The van der Waals surface area contributed by atoms with Crippen LogP contribution in [0.3, 0.4) is 0 Å². The van der Waals surface area contributed by atoms with Crippen molar-refractivity contribution < 1.29 is 9.59 Å². The van der Waals surface area contributed by atoms with Gasteiger partial charge in [-0.1, -0.05) is 19.9 Å². The molecule has 0 saturated carbocycles. The van der Waals surface area contributed by atoms with E-state index in [1.165, 1.54) is 0 Å². The van der Waals surface area contributed by atoms with Gasteiger partial charge in [-0.25, -0.2) is 0 Å². The molecule has 1 atom stereocenters. The second kappa shape index (κ2) is 5.34. The Morgan fingerprint density at radius 2 is 2.00 bits per heavy atom. The van der Waals surface area contributed by atoms with Crippen LogP contribution >= 0.6 is 0 Å². The summed E-state index contributed by atoms with van der Waals surface area (Å²) < 4.78 is 0. The summed E-state index contributed by atoms with van der Waals surface area (Å²) in [5.41, 5.74) is -0.704. The van der Waals surface area contributed by atoms with Gasteiger partial charge in [-0.05, 0) is 26.2 Å². The lowest BCUT2D eigenvalue weighted by Gasteiger charge is -2.44. The highest BCUT2D eigenvalue weighted by molar-refractivity contribution is 5.99. The first-order valence-electron chi connectivity index (χ1n) is 6.26. The molecule has 1 fully saturated rings. The maximum Gasteiger partial charge on any atom is 0.248 e. The average molecular weight is 238 g/mol.